The molecule has 2 aromatic rings. The molecule has 0 saturated heterocycles. The minimum absolute atomic E-state index is 0.268. The Hall–Kier alpha value is -2.09. The molecule has 0 aliphatic carbocycles. The van der Waals surface area contributed by atoms with E-state index < -0.39 is 0 Å². The molecular weight excluding hydrogens is 260 g/mol. The van der Waals surface area contributed by atoms with Crippen LogP contribution in [-0.2, 0) is 4.74 Å². The zero-order valence-corrected chi connectivity index (χ0v) is 13.4. The SMILES string of the molecule is COC(=O)c1c(-c2cc(C)cc(C)c2)cccc1C(C)C. The second-order valence-corrected chi connectivity index (χ2v) is 5.79. The first-order valence-corrected chi connectivity index (χ1v) is 7.24. The highest BCUT2D eigenvalue weighted by Gasteiger charge is 2.19. The van der Waals surface area contributed by atoms with Crippen molar-refractivity contribution in [3.05, 3.63) is 58.7 Å². The number of benzene rings is 2. The Kier molecular flexibility index (Phi) is 4.46. The number of hydrogen-bond acceptors (Lipinski definition) is 2. The van der Waals surface area contributed by atoms with Crippen molar-refractivity contribution in [2.45, 2.75) is 33.6 Å². The van der Waals surface area contributed by atoms with Gasteiger partial charge in [0.2, 0.25) is 0 Å². The molecule has 0 aliphatic heterocycles. The van der Waals surface area contributed by atoms with Crippen molar-refractivity contribution < 1.29 is 9.53 Å². The zero-order valence-electron chi connectivity index (χ0n) is 13.4. The summed E-state index contributed by atoms with van der Waals surface area (Å²) in [6.07, 6.45) is 0. The number of aryl methyl sites for hydroxylation is 2. The van der Waals surface area contributed by atoms with Crippen molar-refractivity contribution in [2.75, 3.05) is 7.11 Å². The third-order valence-electron chi connectivity index (χ3n) is 3.64. The number of esters is 1. The largest absolute Gasteiger partial charge is 0.465 e. The Balaban J connectivity index is 2.73. The third-order valence-corrected chi connectivity index (χ3v) is 3.64. The molecule has 2 heteroatoms. The van der Waals surface area contributed by atoms with Crippen LogP contribution < -0.4 is 0 Å². The highest BCUT2D eigenvalue weighted by Crippen LogP contribution is 2.31. The molecule has 0 amide bonds. The van der Waals surface area contributed by atoms with Gasteiger partial charge in [0.25, 0.3) is 0 Å². The van der Waals surface area contributed by atoms with Crippen molar-refractivity contribution in [3.63, 3.8) is 0 Å². The molecule has 0 bridgehead atoms. The van der Waals surface area contributed by atoms with Crippen LogP contribution in [0, 0.1) is 13.8 Å². The Morgan fingerprint density at radius 2 is 1.67 bits per heavy atom. The summed E-state index contributed by atoms with van der Waals surface area (Å²) in [7, 11) is 1.44. The molecule has 0 atom stereocenters. The average molecular weight is 282 g/mol. The molecule has 0 N–H and O–H groups in total. The first kappa shape index (κ1) is 15.3. The summed E-state index contributed by atoms with van der Waals surface area (Å²) in [6.45, 7) is 8.32. The molecule has 0 saturated carbocycles. The number of carbonyl (C=O) groups excluding carboxylic acids is 1. The standard InChI is InChI=1S/C19H22O2/c1-12(2)16-7-6-8-17(18(16)19(20)21-5)15-10-13(3)9-14(4)11-15/h6-12H,1-5H3. The molecule has 110 valence electrons. The van der Waals surface area contributed by atoms with E-state index in [1.807, 2.05) is 18.2 Å². The van der Waals surface area contributed by atoms with Gasteiger partial charge in [0, 0.05) is 0 Å². The lowest BCUT2D eigenvalue weighted by Crippen LogP contribution is -2.09. The van der Waals surface area contributed by atoms with Crippen molar-refractivity contribution >= 4 is 5.97 Å². The van der Waals surface area contributed by atoms with Gasteiger partial charge >= 0.3 is 5.97 Å². The van der Waals surface area contributed by atoms with E-state index in [0.717, 1.165) is 16.7 Å². The molecule has 0 radical (unpaired) electrons. The fourth-order valence-electron chi connectivity index (χ4n) is 2.75. The summed E-state index contributed by atoms with van der Waals surface area (Å²) in [4.78, 5) is 12.3. The molecule has 2 nitrogen and oxygen atoms in total. The van der Waals surface area contributed by atoms with E-state index in [1.165, 1.54) is 18.2 Å². The third kappa shape index (κ3) is 3.15. The van der Waals surface area contributed by atoms with E-state index in [4.69, 9.17) is 4.74 Å². The minimum Gasteiger partial charge on any atom is -0.465 e. The Labute approximate surface area is 126 Å². The highest BCUT2D eigenvalue weighted by atomic mass is 16.5. The van der Waals surface area contributed by atoms with Crippen molar-refractivity contribution in [3.8, 4) is 11.1 Å². The number of ether oxygens (including phenoxy) is 1. The van der Waals surface area contributed by atoms with Crippen molar-refractivity contribution in [1.82, 2.24) is 0 Å². The monoisotopic (exact) mass is 282 g/mol. The Morgan fingerprint density at radius 1 is 1.05 bits per heavy atom. The summed E-state index contributed by atoms with van der Waals surface area (Å²) in [5.41, 5.74) is 6.10. The highest BCUT2D eigenvalue weighted by molar-refractivity contribution is 5.99. The van der Waals surface area contributed by atoms with Gasteiger partial charge in [-0.25, -0.2) is 4.79 Å². The van der Waals surface area contributed by atoms with Gasteiger partial charge in [-0.05, 0) is 36.5 Å². The molecule has 0 fully saturated rings. The summed E-state index contributed by atoms with van der Waals surface area (Å²) in [5.74, 6) is -0.00147. The van der Waals surface area contributed by atoms with E-state index in [0.29, 0.717) is 5.56 Å². The lowest BCUT2D eigenvalue weighted by molar-refractivity contribution is 0.0600. The summed E-state index contributed by atoms with van der Waals surface area (Å²) in [6, 6.07) is 12.4. The van der Waals surface area contributed by atoms with E-state index in [2.05, 4.69) is 45.9 Å². The Bertz CT molecular complexity index is 649. The topological polar surface area (TPSA) is 26.3 Å². The molecule has 21 heavy (non-hydrogen) atoms. The van der Waals surface area contributed by atoms with Gasteiger partial charge in [-0.15, -0.1) is 0 Å². The van der Waals surface area contributed by atoms with Crippen LogP contribution in [0.1, 0.15) is 46.8 Å². The quantitative estimate of drug-likeness (QED) is 0.750. The number of carbonyl (C=O) groups is 1. The van der Waals surface area contributed by atoms with Crippen LogP contribution in [0.5, 0.6) is 0 Å². The molecule has 0 spiro atoms. The Morgan fingerprint density at radius 3 is 2.19 bits per heavy atom. The molecule has 2 rings (SSSR count). The van der Waals surface area contributed by atoms with Crippen LogP contribution in [0.3, 0.4) is 0 Å². The van der Waals surface area contributed by atoms with Gasteiger partial charge in [-0.3, -0.25) is 0 Å². The number of hydrogen-bond donors (Lipinski definition) is 0. The van der Waals surface area contributed by atoms with E-state index in [-0.39, 0.29) is 11.9 Å². The van der Waals surface area contributed by atoms with Gasteiger partial charge < -0.3 is 4.74 Å². The average Bonchev–Trinajstić information content (AvgIpc) is 2.44. The number of methoxy groups -OCH3 is 1. The van der Waals surface area contributed by atoms with E-state index >= 15 is 0 Å². The van der Waals surface area contributed by atoms with Crippen molar-refractivity contribution in [1.29, 1.82) is 0 Å². The van der Waals surface area contributed by atoms with E-state index in [1.54, 1.807) is 0 Å². The summed E-state index contributed by atoms with van der Waals surface area (Å²) in [5, 5.41) is 0. The molecular formula is C19H22O2. The maximum Gasteiger partial charge on any atom is 0.338 e. The van der Waals surface area contributed by atoms with Crippen molar-refractivity contribution in [2.24, 2.45) is 0 Å². The van der Waals surface area contributed by atoms with Gasteiger partial charge in [-0.2, -0.15) is 0 Å². The summed E-state index contributed by atoms with van der Waals surface area (Å²) < 4.78 is 5.01. The van der Waals surface area contributed by atoms with Gasteiger partial charge in [0.05, 0.1) is 12.7 Å². The number of rotatable bonds is 3. The second kappa shape index (κ2) is 6.13. The zero-order chi connectivity index (χ0) is 15.6. The van der Waals surface area contributed by atoms with Crippen LogP contribution in [0.15, 0.2) is 36.4 Å². The lowest BCUT2D eigenvalue weighted by atomic mass is 9.89. The lowest BCUT2D eigenvalue weighted by Gasteiger charge is -2.16. The second-order valence-electron chi connectivity index (χ2n) is 5.79. The van der Waals surface area contributed by atoms with E-state index in [9.17, 15) is 4.79 Å². The smallest absolute Gasteiger partial charge is 0.338 e. The maximum absolute atomic E-state index is 12.3. The van der Waals surface area contributed by atoms with Crippen LogP contribution in [-0.4, -0.2) is 13.1 Å². The molecule has 0 heterocycles. The molecule has 0 aliphatic rings. The predicted octanol–water partition coefficient (Wildman–Crippen LogP) is 4.88. The van der Waals surface area contributed by atoms with Crippen LogP contribution in [0.4, 0.5) is 0 Å². The fourth-order valence-corrected chi connectivity index (χ4v) is 2.75. The fraction of sp³-hybridized carbons (Fsp3) is 0.316. The predicted molar refractivity (Wildman–Crippen MR) is 86.8 cm³/mol. The molecule has 2 aromatic carbocycles. The minimum atomic E-state index is -0.270. The van der Waals surface area contributed by atoms with Crippen LogP contribution >= 0.6 is 0 Å². The first-order valence-electron chi connectivity index (χ1n) is 7.24. The van der Waals surface area contributed by atoms with Gasteiger partial charge in [-0.1, -0.05) is 61.4 Å². The summed E-state index contributed by atoms with van der Waals surface area (Å²) >= 11 is 0. The van der Waals surface area contributed by atoms with Gasteiger partial charge in [0.15, 0.2) is 0 Å². The van der Waals surface area contributed by atoms with Crippen LogP contribution in [0.2, 0.25) is 0 Å². The first-order chi connectivity index (χ1) is 9.93. The normalized spacial score (nSPS) is 10.8. The molecule has 0 aromatic heterocycles. The van der Waals surface area contributed by atoms with Crippen LogP contribution in [0.25, 0.3) is 11.1 Å². The molecule has 0 unspecified atom stereocenters. The maximum atomic E-state index is 12.3. The van der Waals surface area contributed by atoms with Gasteiger partial charge in [0.1, 0.15) is 0 Å².